The number of nitrogens with one attached hydrogen (secondary N) is 2. The van der Waals surface area contributed by atoms with Gasteiger partial charge in [0.05, 0.1) is 13.2 Å². The smallest absolute Gasteiger partial charge is 0.268 e. The SMILES string of the molecule is CNC(=O)c1c(O)c2ncc(Cc3ccc(F)cc3)c3c2n(c1=O)C[C@](C)(C(=O)NCCOC)O3. The highest BCUT2D eigenvalue weighted by atomic mass is 19.1. The van der Waals surface area contributed by atoms with Crippen LogP contribution in [0.1, 0.15) is 28.4 Å². The second-order valence-electron chi connectivity index (χ2n) is 8.39. The van der Waals surface area contributed by atoms with Crippen molar-refractivity contribution >= 4 is 22.8 Å². The Morgan fingerprint density at radius 1 is 1.31 bits per heavy atom. The van der Waals surface area contributed by atoms with E-state index in [-0.39, 0.29) is 48.7 Å². The molecule has 11 heteroatoms. The Balaban J connectivity index is 1.91. The van der Waals surface area contributed by atoms with E-state index in [4.69, 9.17) is 9.47 Å². The topological polar surface area (TPSA) is 132 Å². The molecule has 1 aliphatic heterocycles. The predicted molar refractivity (Wildman–Crippen MR) is 124 cm³/mol. The fourth-order valence-electron chi connectivity index (χ4n) is 4.08. The van der Waals surface area contributed by atoms with E-state index in [1.54, 1.807) is 12.1 Å². The van der Waals surface area contributed by atoms with Gasteiger partial charge in [-0.25, -0.2) is 4.39 Å². The molecule has 4 rings (SSSR count). The molecule has 0 unspecified atom stereocenters. The first-order valence-electron chi connectivity index (χ1n) is 10.9. The molecule has 3 N–H and O–H groups in total. The molecule has 0 spiro atoms. The van der Waals surface area contributed by atoms with Crippen molar-refractivity contribution in [2.24, 2.45) is 0 Å². The molecule has 1 aromatic carbocycles. The first-order valence-corrected chi connectivity index (χ1v) is 10.9. The van der Waals surface area contributed by atoms with Crippen LogP contribution in [-0.4, -0.2) is 59.4 Å². The van der Waals surface area contributed by atoms with Crippen LogP contribution >= 0.6 is 0 Å². The lowest BCUT2D eigenvalue weighted by atomic mass is 9.98. The van der Waals surface area contributed by atoms with Gasteiger partial charge in [-0.2, -0.15) is 0 Å². The summed E-state index contributed by atoms with van der Waals surface area (Å²) in [5, 5.41) is 15.8. The predicted octanol–water partition coefficient (Wildman–Crippen LogP) is 1.11. The standard InChI is InChI=1S/C24H25FN4O6/c1-24(23(33)27-8-9-34-3)12-29-18-17(19(30)16(22(29)32)21(31)26-2)28-11-14(20(18)35-24)10-13-4-6-15(25)7-5-13/h4-7,11,30H,8-10,12H2,1-3H3,(H,26,31)(H,27,33)/t24-/m1/s1. The summed E-state index contributed by atoms with van der Waals surface area (Å²) < 4.78 is 25.8. The Morgan fingerprint density at radius 2 is 2.03 bits per heavy atom. The van der Waals surface area contributed by atoms with Gasteiger partial charge < -0.3 is 25.2 Å². The summed E-state index contributed by atoms with van der Waals surface area (Å²) in [7, 11) is 2.84. The maximum atomic E-state index is 13.4. The van der Waals surface area contributed by atoms with Gasteiger partial charge in [-0.05, 0) is 24.6 Å². The number of halogens is 1. The van der Waals surface area contributed by atoms with E-state index >= 15 is 0 Å². The zero-order valence-electron chi connectivity index (χ0n) is 19.5. The van der Waals surface area contributed by atoms with Gasteiger partial charge in [0.25, 0.3) is 17.4 Å². The Morgan fingerprint density at radius 3 is 2.69 bits per heavy atom. The third kappa shape index (κ3) is 4.30. The fraction of sp³-hybridized carbons (Fsp3) is 0.333. The number of amides is 2. The van der Waals surface area contributed by atoms with E-state index in [0.29, 0.717) is 5.56 Å². The maximum absolute atomic E-state index is 13.4. The molecule has 2 aromatic heterocycles. The third-order valence-electron chi connectivity index (χ3n) is 5.89. The number of benzene rings is 1. The zero-order chi connectivity index (χ0) is 25.3. The quantitative estimate of drug-likeness (QED) is 0.428. The minimum Gasteiger partial charge on any atom is -0.505 e. The number of pyridine rings is 2. The number of rotatable bonds is 7. The Hall–Kier alpha value is -3.99. The van der Waals surface area contributed by atoms with Crippen LogP contribution in [0.2, 0.25) is 0 Å². The molecule has 35 heavy (non-hydrogen) atoms. The first-order chi connectivity index (χ1) is 16.7. The Kier molecular flexibility index (Phi) is 6.44. The Labute approximate surface area is 199 Å². The fourth-order valence-corrected chi connectivity index (χ4v) is 4.08. The lowest BCUT2D eigenvalue weighted by molar-refractivity contribution is -0.137. The lowest BCUT2D eigenvalue weighted by Gasteiger charge is -2.36. The van der Waals surface area contributed by atoms with E-state index in [0.717, 1.165) is 5.56 Å². The minimum atomic E-state index is -1.52. The van der Waals surface area contributed by atoms with Crippen LogP contribution in [0.15, 0.2) is 35.3 Å². The number of ether oxygens (including phenoxy) is 2. The average Bonchev–Trinajstić information content (AvgIpc) is 2.84. The molecule has 0 radical (unpaired) electrons. The van der Waals surface area contributed by atoms with Crippen LogP contribution in [0.3, 0.4) is 0 Å². The highest BCUT2D eigenvalue weighted by Gasteiger charge is 2.43. The molecule has 1 atom stereocenters. The molecule has 0 bridgehead atoms. The van der Waals surface area contributed by atoms with E-state index in [1.807, 2.05) is 0 Å². The summed E-state index contributed by atoms with van der Waals surface area (Å²) in [6.45, 7) is 1.82. The van der Waals surface area contributed by atoms with Gasteiger partial charge in [0.15, 0.2) is 11.5 Å². The third-order valence-corrected chi connectivity index (χ3v) is 5.89. The van der Waals surface area contributed by atoms with Crippen molar-refractivity contribution in [3.8, 4) is 11.5 Å². The molecule has 0 saturated carbocycles. The van der Waals surface area contributed by atoms with Crippen LogP contribution in [-0.2, 0) is 22.5 Å². The summed E-state index contributed by atoms with van der Waals surface area (Å²) in [5.74, 6) is -2.06. The highest BCUT2D eigenvalue weighted by Crippen LogP contribution is 2.40. The number of carbonyl (C=O) groups is 2. The molecule has 3 aromatic rings. The number of methoxy groups -OCH3 is 1. The summed E-state index contributed by atoms with van der Waals surface area (Å²) in [6.07, 6.45) is 1.70. The van der Waals surface area contributed by atoms with E-state index in [1.165, 1.54) is 44.0 Å². The largest absolute Gasteiger partial charge is 0.505 e. The molecule has 1 aliphatic rings. The minimum absolute atomic E-state index is 0.0112. The second kappa shape index (κ2) is 9.34. The molecule has 184 valence electrons. The summed E-state index contributed by atoms with van der Waals surface area (Å²) >= 11 is 0. The van der Waals surface area contributed by atoms with E-state index < -0.39 is 34.3 Å². The zero-order valence-corrected chi connectivity index (χ0v) is 19.5. The molecule has 2 amide bonds. The summed E-state index contributed by atoms with van der Waals surface area (Å²) in [4.78, 5) is 43.2. The van der Waals surface area contributed by atoms with Crippen molar-refractivity contribution < 1.29 is 28.6 Å². The lowest BCUT2D eigenvalue weighted by Crippen LogP contribution is -2.55. The van der Waals surface area contributed by atoms with Crippen LogP contribution in [0.25, 0.3) is 11.0 Å². The van der Waals surface area contributed by atoms with Gasteiger partial charge in [0, 0.05) is 38.9 Å². The molecular weight excluding hydrogens is 459 g/mol. The molecular formula is C24H25FN4O6. The molecule has 0 saturated heterocycles. The number of aromatic nitrogens is 2. The monoisotopic (exact) mass is 484 g/mol. The number of aromatic hydroxyl groups is 1. The van der Waals surface area contributed by atoms with Crippen LogP contribution in [0.5, 0.6) is 11.5 Å². The van der Waals surface area contributed by atoms with E-state index in [2.05, 4.69) is 15.6 Å². The van der Waals surface area contributed by atoms with Crippen LogP contribution in [0, 0.1) is 5.82 Å². The summed E-state index contributed by atoms with van der Waals surface area (Å²) in [5.41, 5.74) is -1.37. The number of nitrogens with zero attached hydrogens (tertiary/aromatic N) is 2. The van der Waals surface area contributed by atoms with Gasteiger partial charge >= 0.3 is 0 Å². The average molecular weight is 484 g/mol. The van der Waals surface area contributed by atoms with Crippen molar-refractivity contribution in [3.05, 3.63) is 63.3 Å². The van der Waals surface area contributed by atoms with Crippen molar-refractivity contribution in [2.75, 3.05) is 27.3 Å². The van der Waals surface area contributed by atoms with Gasteiger partial charge in [0.1, 0.15) is 22.4 Å². The van der Waals surface area contributed by atoms with Crippen LogP contribution in [0.4, 0.5) is 4.39 Å². The molecule has 3 heterocycles. The van der Waals surface area contributed by atoms with Crippen molar-refractivity contribution in [1.82, 2.24) is 20.2 Å². The number of carbonyl (C=O) groups excluding carboxylic acids is 2. The summed E-state index contributed by atoms with van der Waals surface area (Å²) in [6, 6.07) is 5.85. The second-order valence-corrected chi connectivity index (χ2v) is 8.39. The number of hydrogen-bond donors (Lipinski definition) is 3. The molecule has 0 aliphatic carbocycles. The van der Waals surface area contributed by atoms with Crippen LogP contribution < -0.4 is 20.9 Å². The van der Waals surface area contributed by atoms with Gasteiger partial charge in [-0.3, -0.25) is 23.9 Å². The van der Waals surface area contributed by atoms with Crippen molar-refractivity contribution in [1.29, 1.82) is 0 Å². The van der Waals surface area contributed by atoms with Gasteiger partial charge in [-0.15, -0.1) is 0 Å². The Bertz CT molecular complexity index is 1370. The maximum Gasteiger partial charge on any atom is 0.268 e. The molecule has 0 fully saturated rings. The molecule has 10 nitrogen and oxygen atoms in total. The van der Waals surface area contributed by atoms with Gasteiger partial charge in [-0.1, -0.05) is 12.1 Å². The van der Waals surface area contributed by atoms with Crippen molar-refractivity contribution in [2.45, 2.75) is 25.5 Å². The normalized spacial score (nSPS) is 16.6. The highest BCUT2D eigenvalue weighted by molar-refractivity contribution is 6.02. The van der Waals surface area contributed by atoms with E-state index in [9.17, 15) is 23.9 Å². The van der Waals surface area contributed by atoms with Gasteiger partial charge in [0.2, 0.25) is 5.60 Å². The van der Waals surface area contributed by atoms with Crippen molar-refractivity contribution in [3.63, 3.8) is 0 Å². The number of hydrogen-bond acceptors (Lipinski definition) is 7. The first kappa shape index (κ1) is 24.1.